The summed E-state index contributed by atoms with van der Waals surface area (Å²) < 4.78 is 0. The number of amides is 1. The number of carbonyl (C=O) groups is 1. The fraction of sp³-hybridized carbons (Fsp3) is 0.350. The van der Waals surface area contributed by atoms with Crippen molar-refractivity contribution in [2.75, 3.05) is 6.61 Å². The van der Waals surface area contributed by atoms with E-state index in [4.69, 9.17) is 0 Å². The summed E-state index contributed by atoms with van der Waals surface area (Å²) in [7, 11) is 0. The van der Waals surface area contributed by atoms with Gasteiger partial charge < -0.3 is 10.0 Å². The van der Waals surface area contributed by atoms with E-state index >= 15 is 0 Å². The molecule has 1 spiro atoms. The first-order chi connectivity index (χ1) is 11.3. The van der Waals surface area contributed by atoms with Gasteiger partial charge in [0, 0.05) is 6.42 Å². The monoisotopic (exact) mass is 307 g/mol. The maximum atomic E-state index is 12.7. The predicted molar refractivity (Wildman–Crippen MR) is 88.8 cm³/mol. The standard InChI is InChI=1S/C20H21NO2/c22-14-18(16-7-2-1-3-8-16)21-19(23)11-13-20(21)12-10-15-6-4-5-9-17(15)20/h1-9,18,22H,10-14H2/t18-,20-/m0/s1. The number of carbonyl (C=O) groups excluding carboxylic acids is 1. The molecule has 1 fully saturated rings. The average molecular weight is 307 g/mol. The molecule has 0 unspecified atom stereocenters. The van der Waals surface area contributed by atoms with Gasteiger partial charge >= 0.3 is 0 Å². The first kappa shape index (κ1) is 14.5. The molecule has 1 saturated heterocycles. The third-order valence-corrected chi connectivity index (χ3v) is 5.48. The smallest absolute Gasteiger partial charge is 0.223 e. The van der Waals surface area contributed by atoms with E-state index in [1.807, 2.05) is 35.2 Å². The van der Waals surface area contributed by atoms with Crippen molar-refractivity contribution in [3.8, 4) is 0 Å². The number of likely N-dealkylation sites (tertiary alicyclic amines) is 1. The van der Waals surface area contributed by atoms with Crippen LogP contribution in [0.4, 0.5) is 0 Å². The number of aliphatic hydroxyl groups is 1. The molecule has 2 aliphatic rings. The van der Waals surface area contributed by atoms with Crippen molar-refractivity contribution in [1.82, 2.24) is 4.90 Å². The minimum absolute atomic E-state index is 0.0420. The lowest BCUT2D eigenvalue weighted by Gasteiger charge is -2.41. The van der Waals surface area contributed by atoms with Gasteiger partial charge in [0.2, 0.25) is 5.91 Å². The Hall–Kier alpha value is -2.13. The fourth-order valence-corrected chi connectivity index (χ4v) is 4.46. The van der Waals surface area contributed by atoms with Crippen LogP contribution in [0.15, 0.2) is 54.6 Å². The van der Waals surface area contributed by atoms with Crippen LogP contribution in [0.1, 0.15) is 42.0 Å². The molecule has 3 nitrogen and oxygen atoms in total. The second kappa shape index (κ2) is 5.50. The number of fused-ring (bicyclic) bond motifs is 2. The van der Waals surface area contributed by atoms with E-state index in [0.29, 0.717) is 6.42 Å². The van der Waals surface area contributed by atoms with Crippen molar-refractivity contribution < 1.29 is 9.90 Å². The summed E-state index contributed by atoms with van der Waals surface area (Å²) >= 11 is 0. The van der Waals surface area contributed by atoms with Crippen LogP contribution in [0, 0.1) is 0 Å². The van der Waals surface area contributed by atoms with Crippen LogP contribution in [-0.4, -0.2) is 22.5 Å². The van der Waals surface area contributed by atoms with E-state index in [2.05, 4.69) is 24.3 Å². The molecule has 0 saturated carbocycles. The molecule has 3 heteroatoms. The number of hydrogen-bond donors (Lipinski definition) is 1. The van der Waals surface area contributed by atoms with Gasteiger partial charge in [-0.25, -0.2) is 0 Å². The zero-order valence-electron chi connectivity index (χ0n) is 13.1. The number of aliphatic hydroxyl groups excluding tert-OH is 1. The number of benzene rings is 2. The number of nitrogens with zero attached hydrogens (tertiary/aromatic N) is 1. The summed E-state index contributed by atoms with van der Waals surface area (Å²) in [5.41, 5.74) is 3.39. The predicted octanol–water partition coefficient (Wildman–Crippen LogP) is 3.18. The number of hydrogen-bond acceptors (Lipinski definition) is 2. The Morgan fingerprint density at radius 1 is 1.00 bits per heavy atom. The first-order valence-corrected chi connectivity index (χ1v) is 8.32. The van der Waals surface area contributed by atoms with Crippen LogP contribution < -0.4 is 0 Å². The third-order valence-electron chi connectivity index (χ3n) is 5.48. The Bertz CT molecular complexity index is 727. The summed E-state index contributed by atoms with van der Waals surface area (Å²) in [6.07, 6.45) is 3.39. The zero-order valence-corrected chi connectivity index (χ0v) is 13.1. The summed E-state index contributed by atoms with van der Waals surface area (Å²) in [6.45, 7) is -0.0420. The van der Waals surface area contributed by atoms with Crippen molar-refractivity contribution in [1.29, 1.82) is 0 Å². The lowest BCUT2D eigenvalue weighted by atomic mass is 9.87. The highest BCUT2D eigenvalue weighted by molar-refractivity contribution is 5.81. The normalized spacial score (nSPS) is 24.2. The van der Waals surface area contributed by atoms with Gasteiger partial charge in [0.05, 0.1) is 18.2 Å². The van der Waals surface area contributed by atoms with Crippen LogP contribution in [0.25, 0.3) is 0 Å². The van der Waals surface area contributed by atoms with Gasteiger partial charge in [-0.15, -0.1) is 0 Å². The molecule has 1 amide bonds. The number of aryl methyl sites for hydroxylation is 1. The molecule has 1 heterocycles. The molecular formula is C20H21NO2. The molecule has 2 aromatic carbocycles. The molecule has 0 aromatic heterocycles. The van der Waals surface area contributed by atoms with Crippen LogP contribution in [-0.2, 0) is 16.8 Å². The minimum atomic E-state index is -0.266. The Balaban J connectivity index is 1.81. The van der Waals surface area contributed by atoms with Gasteiger partial charge in [0.15, 0.2) is 0 Å². The zero-order chi connectivity index (χ0) is 15.9. The van der Waals surface area contributed by atoms with Crippen molar-refractivity contribution in [3.63, 3.8) is 0 Å². The highest BCUT2D eigenvalue weighted by Gasteiger charge is 2.52. The molecule has 1 aliphatic heterocycles. The Morgan fingerprint density at radius 3 is 2.48 bits per heavy atom. The Morgan fingerprint density at radius 2 is 1.70 bits per heavy atom. The Labute approximate surface area is 136 Å². The second-order valence-electron chi connectivity index (χ2n) is 6.56. The van der Waals surface area contributed by atoms with E-state index in [0.717, 1.165) is 24.8 Å². The topological polar surface area (TPSA) is 40.5 Å². The van der Waals surface area contributed by atoms with Gasteiger partial charge in [-0.05, 0) is 36.0 Å². The molecule has 1 aliphatic carbocycles. The molecule has 4 rings (SSSR count). The molecule has 2 atom stereocenters. The maximum Gasteiger partial charge on any atom is 0.223 e. The van der Waals surface area contributed by atoms with Crippen LogP contribution in [0.5, 0.6) is 0 Å². The summed E-state index contributed by atoms with van der Waals surface area (Å²) in [5.74, 6) is 0.157. The largest absolute Gasteiger partial charge is 0.394 e. The SMILES string of the molecule is O=C1CC[C@]2(CCc3ccccc32)N1[C@@H](CO)c1ccccc1. The van der Waals surface area contributed by atoms with Gasteiger partial charge in [-0.3, -0.25) is 4.79 Å². The van der Waals surface area contributed by atoms with Crippen molar-refractivity contribution in [2.45, 2.75) is 37.3 Å². The molecule has 0 radical (unpaired) electrons. The summed E-state index contributed by atoms with van der Waals surface area (Å²) in [4.78, 5) is 14.7. The van der Waals surface area contributed by atoms with Gasteiger partial charge in [0.25, 0.3) is 0 Å². The lowest BCUT2D eigenvalue weighted by Crippen LogP contribution is -2.45. The Kier molecular flexibility index (Phi) is 3.46. The van der Waals surface area contributed by atoms with E-state index in [1.165, 1.54) is 11.1 Å². The van der Waals surface area contributed by atoms with Crippen LogP contribution in [0.3, 0.4) is 0 Å². The van der Waals surface area contributed by atoms with Crippen molar-refractivity contribution in [2.24, 2.45) is 0 Å². The fourth-order valence-electron chi connectivity index (χ4n) is 4.46. The average Bonchev–Trinajstić information content (AvgIpc) is 3.13. The third kappa shape index (κ3) is 2.11. The highest BCUT2D eigenvalue weighted by Crippen LogP contribution is 2.51. The first-order valence-electron chi connectivity index (χ1n) is 8.32. The van der Waals surface area contributed by atoms with E-state index < -0.39 is 0 Å². The molecule has 0 bridgehead atoms. The highest BCUT2D eigenvalue weighted by atomic mass is 16.3. The summed E-state index contributed by atoms with van der Waals surface area (Å²) in [5, 5.41) is 10.1. The maximum absolute atomic E-state index is 12.7. The summed E-state index contributed by atoms with van der Waals surface area (Å²) in [6, 6.07) is 18.1. The van der Waals surface area contributed by atoms with Crippen LogP contribution in [0.2, 0.25) is 0 Å². The van der Waals surface area contributed by atoms with Gasteiger partial charge in [-0.2, -0.15) is 0 Å². The van der Waals surface area contributed by atoms with Crippen molar-refractivity contribution >= 4 is 5.91 Å². The van der Waals surface area contributed by atoms with Gasteiger partial charge in [0.1, 0.15) is 0 Å². The molecular weight excluding hydrogens is 286 g/mol. The molecule has 2 aromatic rings. The molecule has 118 valence electrons. The molecule has 23 heavy (non-hydrogen) atoms. The quantitative estimate of drug-likeness (QED) is 0.946. The van der Waals surface area contributed by atoms with Crippen molar-refractivity contribution in [3.05, 3.63) is 71.3 Å². The minimum Gasteiger partial charge on any atom is -0.394 e. The van der Waals surface area contributed by atoms with E-state index in [-0.39, 0.29) is 24.1 Å². The lowest BCUT2D eigenvalue weighted by molar-refractivity contribution is -0.136. The number of rotatable bonds is 3. The second-order valence-corrected chi connectivity index (χ2v) is 6.56. The van der Waals surface area contributed by atoms with E-state index in [1.54, 1.807) is 0 Å². The van der Waals surface area contributed by atoms with Crippen LogP contribution >= 0.6 is 0 Å². The van der Waals surface area contributed by atoms with Gasteiger partial charge in [-0.1, -0.05) is 54.6 Å². The molecule has 1 N–H and O–H groups in total. The van der Waals surface area contributed by atoms with E-state index in [9.17, 15) is 9.90 Å².